The van der Waals surface area contributed by atoms with Crippen molar-refractivity contribution in [3.05, 3.63) is 65.2 Å². The fraction of sp³-hybridized carbons (Fsp3) is 0.318. The second-order valence-electron chi connectivity index (χ2n) is 6.79. The first-order chi connectivity index (χ1) is 12.5. The van der Waals surface area contributed by atoms with Crippen molar-refractivity contribution in [1.29, 1.82) is 0 Å². The van der Waals surface area contributed by atoms with E-state index >= 15 is 0 Å². The lowest BCUT2D eigenvalue weighted by Crippen LogP contribution is -2.40. The van der Waals surface area contributed by atoms with Gasteiger partial charge in [0, 0.05) is 49.6 Å². The van der Waals surface area contributed by atoms with E-state index in [1.165, 1.54) is 0 Å². The molecule has 0 radical (unpaired) electrons. The lowest BCUT2D eigenvalue weighted by Gasteiger charge is -2.29. The molecular weight excluding hydrogens is 324 g/mol. The zero-order valence-corrected chi connectivity index (χ0v) is 15.3. The number of anilines is 1. The minimum absolute atomic E-state index is 0.0238. The molecule has 2 aromatic carbocycles. The van der Waals surface area contributed by atoms with Crippen molar-refractivity contribution in [2.45, 2.75) is 18.9 Å². The minimum atomic E-state index is -0.275. The molecule has 3 rings (SSSR count). The third-order valence-corrected chi connectivity index (χ3v) is 4.62. The molecule has 1 N–H and O–H groups in total. The van der Waals surface area contributed by atoms with Crippen molar-refractivity contribution in [3.8, 4) is 11.8 Å². The highest BCUT2D eigenvalue weighted by Gasteiger charge is 2.22. The van der Waals surface area contributed by atoms with E-state index in [0.717, 1.165) is 16.8 Å². The first kappa shape index (κ1) is 18.0. The summed E-state index contributed by atoms with van der Waals surface area (Å²) in [5, 5.41) is 9.56. The van der Waals surface area contributed by atoms with Crippen LogP contribution in [-0.2, 0) is 0 Å². The summed E-state index contributed by atoms with van der Waals surface area (Å²) in [5.74, 6) is 6.32. The molecular formula is C22H24N2O2. The van der Waals surface area contributed by atoms with E-state index in [0.29, 0.717) is 31.5 Å². The van der Waals surface area contributed by atoms with Gasteiger partial charge in [-0.3, -0.25) is 4.79 Å². The first-order valence-corrected chi connectivity index (χ1v) is 8.90. The van der Waals surface area contributed by atoms with Crippen LogP contribution in [0.25, 0.3) is 0 Å². The molecule has 1 amide bonds. The summed E-state index contributed by atoms with van der Waals surface area (Å²) in [6.45, 7) is 1.23. The second-order valence-corrected chi connectivity index (χ2v) is 6.79. The Morgan fingerprint density at radius 2 is 1.46 bits per heavy atom. The molecule has 26 heavy (non-hydrogen) atoms. The van der Waals surface area contributed by atoms with E-state index in [-0.39, 0.29) is 12.0 Å². The third kappa shape index (κ3) is 4.44. The second kappa shape index (κ2) is 8.07. The topological polar surface area (TPSA) is 43.8 Å². The molecule has 1 saturated heterocycles. The SMILES string of the molecule is CN(C)c1ccc(C#Cc2ccc(C(=O)N3CCC(O)CC3)cc2)cc1. The predicted octanol–water partition coefficient (Wildman–Crippen LogP) is 2.75. The number of carbonyl (C=O) groups is 1. The summed E-state index contributed by atoms with van der Waals surface area (Å²) < 4.78 is 0. The Morgan fingerprint density at radius 3 is 1.96 bits per heavy atom. The Bertz CT molecular complexity index is 806. The number of rotatable bonds is 2. The van der Waals surface area contributed by atoms with Crippen LogP contribution in [0.1, 0.15) is 34.3 Å². The molecule has 0 spiro atoms. The van der Waals surface area contributed by atoms with Crippen LogP contribution < -0.4 is 4.90 Å². The number of aliphatic hydroxyl groups excluding tert-OH is 1. The Balaban J connectivity index is 1.65. The number of benzene rings is 2. The highest BCUT2D eigenvalue weighted by Crippen LogP contribution is 2.15. The number of amides is 1. The molecule has 1 aliphatic heterocycles. The monoisotopic (exact) mass is 348 g/mol. The summed E-state index contributed by atoms with van der Waals surface area (Å²) in [5.41, 5.74) is 3.65. The van der Waals surface area contributed by atoms with Gasteiger partial charge in [0.25, 0.3) is 5.91 Å². The van der Waals surface area contributed by atoms with E-state index in [9.17, 15) is 9.90 Å². The van der Waals surface area contributed by atoms with Crippen molar-refractivity contribution >= 4 is 11.6 Å². The maximum absolute atomic E-state index is 12.5. The molecule has 1 fully saturated rings. The Kier molecular flexibility index (Phi) is 5.60. The van der Waals surface area contributed by atoms with Crippen LogP contribution in [0.2, 0.25) is 0 Å². The van der Waals surface area contributed by atoms with Crippen molar-refractivity contribution < 1.29 is 9.90 Å². The number of hydrogen-bond acceptors (Lipinski definition) is 3. The van der Waals surface area contributed by atoms with Gasteiger partial charge < -0.3 is 14.9 Å². The zero-order valence-electron chi connectivity index (χ0n) is 15.3. The molecule has 1 aliphatic rings. The highest BCUT2D eigenvalue weighted by molar-refractivity contribution is 5.94. The molecule has 4 nitrogen and oxygen atoms in total. The van der Waals surface area contributed by atoms with Gasteiger partial charge >= 0.3 is 0 Å². The third-order valence-electron chi connectivity index (χ3n) is 4.62. The van der Waals surface area contributed by atoms with Gasteiger partial charge in [0.05, 0.1) is 6.10 Å². The molecule has 2 aromatic rings. The largest absolute Gasteiger partial charge is 0.393 e. The van der Waals surface area contributed by atoms with Gasteiger partial charge in [-0.2, -0.15) is 0 Å². The highest BCUT2D eigenvalue weighted by atomic mass is 16.3. The molecule has 0 atom stereocenters. The summed E-state index contributed by atoms with van der Waals surface area (Å²) >= 11 is 0. The summed E-state index contributed by atoms with van der Waals surface area (Å²) in [4.78, 5) is 16.3. The van der Waals surface area contributed by atoms with E-state index < -0.39 is 0 Å². The average molecular weight is 348 g/mol. The van der Waals surface area contributed by atoms with E-state index in [4.69, 9.17) is 0 Å². The molecule has 0 aliphatic carbocycles. The lowest BCUT2D eigenvalue weighted by molar-refractivity contribution is 0.0546. The first-order valence-electron chi connectivity index (χ1n) is 8.90. The standard InChI is InChI=1S/C22H24N2O2/c1-23(2)20-11-7-18(8-12-20)4-3-17-5-9-19(10-6-17)22(26)24-15-13-21(25)14-16-24/h5-12,21,25H,13-16H2,1-2H3. The van der Waals surface area contributed by atoms with Crippen LogP contribution in [-0.4, -0.2) is 49.2 Å². The fourth-order valence-corrected chi connectivity index (χ4v) is 2.93. The van der Waals surface area contributed by atoms with Crippen LogP contribution in [0.3, 0.4) is 0 Å². The van der Waals surface area contributed by atoms with Gasteiger partial charge in [0.1, 0.15) is 0 Å². The van der Waals surface area contributed by atoms with E-state index in [1.807, 2.05) is 62.6 Å². The van der Waals surface area contributed by atoms with Gasteiger partial charge in [0.2, 0.25) is 0 Å². The van der Waals surface area contributed by atoms with Gasteiger partial charge in [-0.25, -0.2) is 0 Å². The van der Waals surface area contributed by atoms with Crippen molar-refractivity contribution in [1.82, 2.24) is 4.90 Å². The Hall–Kier alpha value is -2.77. The number of likely N-dealkylation sites (tertiary alicyclic amines) is 1. The summed E-state index contributed by atoms with van der Waals surface area (Å²) in [6, 6.07) is 15.5. The molecule has 0 saturated carbocycles. The number of hydrogen-bond donors (Lipinski definition) is 1. The fourth-order valence-electron chi connectivity index (χ4n) is 2.93. The van der Waals surface area contributed by atoms with Gasteiger partial charge in [-0.1, -0.05) is 11.8 Å². The number of aliphatic hydroxyl groups is 1. The smallest absolute Gasteiger partial charge is 0.253 e. The maximum Gasteiger partial charge on any atom is 0.253 e. The van der Waals surface area contributed by atoms with Crippen LogP contribution in [0.5, 0.6) is 0 Å². The summed E-state index contributed by atoms with van der Waals surface area (Å²) in [6.07, 6.45) is 1.03. The van der Waals surface area contributed by atoms with Crippen molar-refractivity contribution in [3.63, 3.8) is 0 Å². The lowest BCUT2D eigenvalue weighted by atomic mass is 10.1. The van der Waals surface area contributed by atoms with Crippen LogP contribution >= 0.6 is 0 Å². The van der Waals surface area contributed by atoms with Crippen LogP contribution in [0.15, 0.2) is 48.5 Å². The van der Waals surface area contributed by atoms with Crippen LogP contribution in [0, 0.1) is 11.8 Å². The zero-order chi connectivity index (χ0) is 18.5. The molecule has 1 heterocycles. The molecule has 0 bridgehead atoms. The maximum atomic E-state index is 12.5. The molecule has 0 aromatic heterocycles. The Morgan fingerprint density at radius 1 is 0.962 bits per heavy atom. The summed E-state index contributed by atoms with van der Waals surface area (Å²) in [7, 11) is 4.02. The predicted molar refractivity (Wildman–Crippen MR) is 104 cm³/mol. The van der Waals surface area contributed by atoms with Gasteiger partial charge in [-0.05, 0) is 61.4 Å². The van der Waals surface area contributed by atoms with Gasteiger partial charge in [0.15, 0.2) is 0 Å². The van der Waals surface area contributed by atoms with Gasteiger partial charge in [-0.15, -0.1) is 0 Å². The molecule has 134 valence electrons. The van der Waals surface area contributed by atoms with Crippen molar-refractivity contribution in [2.75, 3.05) is 32.1 Å². The number of nitrogens with zero attached hydrogens (tertiary/aromatic N) is 2. The number of piperidine rings is 1. The van der Waals surface area contributed by atoms with Crippen LogP contribution in [0.4, 0.5) is 5.69 Å². The molecule has 0 unspecified atom stereocenters. The van der Waals surface area contributed by atoms with E-state index in [1.54, 1.807) is 4.90 Å². The minimum Gasteiger partial charge on any atom is -0.393 e. The normalized spacial score (nSPS) is 14.5. The Labute approximate surface area is 155 Å². The quantitative estimate of drug-likeness (QED) is 0.849. The average Bonchev–Trinajstić information content (AvgIpc) is 2.67. The molecule has 4 heteroatoms. The number of carbonyl (C=O) groups excluding carboxylic acids is 1. The van der Waals surface area contributed by atoms with E-state index in [2.05, 4.69) is 16.7 Å². The van der Waals surface area contributed by atoms with Crippen molar-refractivity contribution in [2.24, 2.45) is 0 Å².